The van der Waals surface area contributed by atoms with Gasteiger partial charge in [-0.2, -0.15) is 4.72 Å². The molecule has 1 atom stereocenters. The van der Waals surface area contributed by atoms with Gasteiger partial charge < -0.3 is 14.6 Å². The molecule has 0 heterocycles. The predicted octanol–water partition coefficient (Wildman–Crippen LogP) is 0.853. The Bertz CT molecular complexity index is 555. The molecule has 0 aliphatic heterocycles. The maximum atomic E-state index is 11.9. The Kier molecular flexibility index (Phi) is 6.60. The number of hydrogen-bond donors (Lipinski definition) is 2. The number of ether oxygens (including phenoxy) is 2. The Morgan fingerprint density at radius 3 is 2.43 bits per heavy atom. The van der Waals surface area contributed by atoms with Gasteiger partial charge in [0.05, 0.1) is 11.5 Å². The summed E-state index contributed by atoms with van der Waals surface area (Å²) in [6.07, 6.45) is 0. The first-order valence-corrected chi connectivity index (χ1v) is 7.91. The molecule has 0 unspecified atom stereocenters. The normalized spacial score (nSPS) is 12.9. The second-order valence-corrected chi connectivity index (χ2v) is 5.91. The fraction of sp³-hybridized carbons (Fsp3) is 0.462. The van der Waals surface area contributed by atoms with Crippen molar-refractivity contribution >= 4 is 16.0 Å². The van der Waals surface area contributed by atoms with Crippen LogP contribution in [-0.4, -0.2) is 45.4 Å². The molecule has 1 rings (SSSR count). The SMILES string of the molecule is CCOCCOc1ccc(S(=O)(=O)N[C@H](C)C(=O)O)cc1. The first kappa shape index (κ1) is 17.4. The molecule has 1 aromatic carbocycles. The average Bonchev–Trinajstić information content (AvgIpc) is 2.43. The monoisotopic (exact) mass is 317 g/mol. The van der Waals surface area contributed by atoms with E-state index in [4.69, 9.17) is 14.6 Å². The zero-order valence-corrected chi connectivity index (χ0v) is 12.7. The molecule has 0 amide bonds. The van der Waals surface area contributed by atoms with Crippen molar-refractivity contribution in [2.75, 3.05) is 19.8 Å². The predicted molar refractivity (Wildman–Crippen MR) is 75.8 cm³/mol. The molecule has 2 N–H and O–H groups in total. The number of hydrogen-bond acceptors (Lipinski definition) is 5. The van der Waals surface area contributed by atoms with Crippen LogP contribution in [0.5, 0.6) is 5.75 Å². The molecule has 0 saturated carbocycles. The lowest BCUT2D eigenvalue weighted by atomic mass is 10.3. The molecule has 0 aliphatic carbocycles. The van der Waals surface area contributed by atoms with E-state index in [-0.39, 0.29) is 4.90 Å². The van der Waals surface area contributed by atoms with Crippen molar-refractivity contribution in [2.24, 2.45) is 0 Å². The van der Waals surface area contributed by atoms with Crippen LogP contribution in [-0.2, 0) is 19.6 Å². The number of benzene rings is 1. The zero-order chi connectivity index (χ0) is 15.9. The van der Waals surface area contributed by atoms with Crippen molar-refractivity contribution in [3.63, 3.8) is 0 Å². The van der Waals surface area contributed by atoms with Gasteiger partial charge in [0.15, 0.2) is 0 Å². The zero-order valence-electron chi connectivity index (χ0n) is 11.9. The number of rotatable bonds is 9. The Morgan fingerprint density at radius 1 is 1.29 bits per heavy atom. The minimum absolute atomic E-state index is 0.0206. The summed E-state index contributed by atoms with van der Waals surface area (Å²) in [5.41, 5.74) is 0. The maximum absolute atomic E-state index is 11.9. The number of carboxylic acids is 1. The highest BCUT2D eigenvalue weighted by Gasteiger charge is 2.21. The van der Waals surface area contributed by atoms with E-state index in [1.165, 1.54) is 31.2 Å². The molecule has 0 fully saturated rings. The fourth-order valence-corrected chi connectivity index (χ4v) is 2.63. The molecule has 0 radical (unpaired) electrons. The smallest absolute Gasteiger partial charge is 0.321 e. The van der Waals surface area contributed by atoms with E-state index >= 15 is 0 Å². The fourth-order valence-electron chi connectivity index (χ4n) is 1.43. The molecular formula is C13H19NO6S. The standard InChI is InChI=1S/C13H19NO6S/c1-3-19-8-9-20-11-4-6-12(7-5-11)21(17,18)14-10(2)13(15)16/h4-7,10,14H,3,8-9H2,1-2H3,(H,15,16)/t10-/m1/s1. The van der Waals surface area contributed by atoms with Crippen molar-refractivity contribution in [1.82, 2.24) is 4.72 Å². The highest BCUT2D eigenvalue weighted by atomic mass is 32.2. The van der Waals surface area contributed by atoms with E-state index in [1.54, 1.807) is 0 Å². The summed E-state index contributed by atoms with van der Waals surface area (Å²) in [4.78, 5) is 10.7. The lowest BCUT2D eigenvalue weighted by Crippen LogP contribution is -2.38. The minimum Gasteiger partial charge on any atom is -0.491 e. The molecule has 7 nitrogen and oxygen atoms in total. The molecule has 0 aromatic heterocycles. The summed E-state index contributed by atoms with van der Waals surface area (Å²) in [6.45, 7) is 4.56. The van der Waals surface area contributed by atoms with E-state index < -0.39 is 22.0 Å². The number of sulfonamides is 1. The van der Waals surface area contributed by atoms with Crippen LogP contribution in [0.1, 0.15) is 13.8 Å². The number of nitrogens with one attached hydrogen (secondary N) is 1. The molecule has 0 aliphatic rings. The van der Waals surface area contributed by atoms with Crippen molar-refractivity contribution in [2.45, 2.75) is 24.8 Å². The van der Waals surface area contributed by atoms with Crippen LogP contribution in [0.2, 0.25) is 0 Å². The van der Waals surface area contributed by atoms with Gasteiger partial charge in [-0.05, 0) is 38.1 Å². The van der Waals surface area contributed by atoms with Gasteiger partial charge >= 0.3 is 5.97 Å². The number of carboxylic acid groups (broad SMARTS) is 1. The van der Waals surface area contributed by atoms with Crippen molar-refractivity contribution < 1.29 is 27.8 Å². The third-order valence-corrected chi connectivity index (χ3v) is 4.09. The summed E-state index contributed by atoms with van der Waals surface area (Å²) in [6, 6.07) is 4.52. The van der Waals surface area contributed by atoms with Crippen molar-refractivity contribution in [1.29, 1.82) is 0 Å². The van der Waals surface area contributed by atoms with Gasteiger partial charge in [-0.25, -0.2) is 8.42 Å². The largest absolute Gasteiger partial charge is 0.491 e. The van der Waals surface area contributed by atoms with Crippen molar-refractivity contribution in [3.05, 3.63) is 24.3 Å². The Labute approximate surface area is 123 Å². The molecule has 21 heavy (non-hydrogen) atoms. The number of carbonyl (C=O) groups is 1. The van der Waals surface area contributed by atoms with Crippen LogP contribution in [0.4, 0.5) is 0 Å². The molecule has 0 spiro atoms. The van der Waals surface area contributed by atoms with E-state index in [9.17, 15) is 13.2 Å². The van der Waals surface area contributed by atoms with Crippen LogP contribution in [0.25, 0.3) is 0 Å². The molecule has 0 bridgehead atoms. The third-order valence-electron chi connectivity index (χ3n) is 2.54. The van der Waals surface area contributed by atoms with Gasteiger partial charge in [0, 0.05) is 6.61 Å². The summed E-state index contributed by atoms with van der Waals surface area (Å²) >= 11 is 0. The van der Waals surface area contributed by atoms with Crippen LogP contribution in [0.3, 0.4) is 0 Å². The quantitative estimate of drug-likeness (QED) is 0.655. The first-order chi connectivity index (χ1) is 9.86. The van der Waals surface area contributed by atoms with Crippen LogP contribution in [0, 0.1) is 0 Å². The van der Waals surface area contributed by atoms with Crippen LogP contribution in [0.15, 0.2) is 29.2 Å². The molecule has 0 saturated heterocycles. The highest BCUT2D eigenvalue weighted by molar-refractivity contribution is 7.89. The molecule has 1 aromatic rings. The Balaban J connectivity index is 2.66. The lowest BCUT2D eigenvalue weighted by Gasteiger charge is -2.11. The Morgan fingerprint density at radius 2 is 1.90 bits per heavy atom. The van der Waals surface area contributed by atoms with E-state index in [0.717, 1.165) is 0 Å². The second kappa shape index (κ2) is 7.96. The summed E-state index contributed by atoms with van der Waals surface area (Å²) in [5, 5.41) is 8.72. The number of aliphatic carboxylic acids is 1. The van der Waals surface area contributed by atoms with Gasteiger partial charge in [-0.15, -0.1) is 0 Å². The Hall–Kier alpha value is -1.64. The third kappa shape index (κ3) is 5.70. The summed E-state index contributed by atoms with van der Waals surface area (Å²) in [7, 11) is -3.86. The minimum atomic E-state index is -3.86. The van der Waals surface area contributed by atoms with Gasteiger partial charge in [0.25, 0.3) is 0 Å². The second-order valence-electron chi connectivity index (χ2n) is 4.20. The topological polar surface area (TPSA) is 102 Å². The van der Waals surface area contributed by atoms with Gasteiger partial charge in [0.1, 0.15) is 18.4 Å². The van der Waals surface area contributed by atoms with Gasteiger partial charge in [0.2, 0.25) is 10.0 Å². The average molecular weight is 317 g/mol. The van der Waals surface area contributed by atoms with E-state index in [2.05, 4.69) is 4.72 Å². The van der Waals surface area contributed by atoms with Gasteiger partial charge in [-0.1, -0.05) is 0 Å². The highest BCUT2D eigenvalue weighted by Crippen LogP contribution is 2.16. The lowest BCUT2D eigenvalue weighted by molar-refractivity contribution is -0.138. The first-order valence-electron chi connectivity index (χ1n) is 6.42. The van der Waals surface area contributed by atoms with Crippen LogP contribution < -0.4 is 9.46 Å². The molecular weight excluding hydrogens is 298 g/mol. The van der Waals surface area contributed by atoms with Crippen LogP contribution >= 0.6 is 0 Å². The summed E-state index contributed by atoms with van der Waals surface area (Å²) in [5.74, 6) is -0.727. The van der Waals surface area contributed by atoms with E-state index in [0.29, 0.717) is 25.6 Å². The molecule has 118 valence electrons. The van der Waals surface area contributed by atoms with E-state index in [1.807, 2.05) is 6.92 Å². The molecule has 8 heteroatoms. The maximum Gasteiger partial charge on any atom is 0.321 e. The van der Waals surface area contributed by atoms with Gasteiger partial charge in [-0.3, -0.25) is 4.79 Å². The summed E-state index contributed by atoms with van der Waals surface area (Å²) < 4.78 is 36.4. The van der Waals surface area contributed by atoms with Crippen molar-refractivity contribution in [3.8, 4) is 5.75 Å².